The van der Waals surface area contributed by atoms with Crippen molar-refractivity contribution in [2.45, 2.75) is 13.5 Å². The van der Waals surface area contributed by atoms with E-state index in [4.69, 9.17) is 18.9 Å². The van der Waals surface area contributed by atoms with Crippen LogP contribution in [-0.4, -0.2) is 44.3 Å². The number of esters is 1. The van der Waals surface area contributed by atoms with E-state index in [1.807, 2.05) is 0 Å². The molecule has 144 valence electrons. The Hall–Kier alpha value is -3.29. The van der Waals surface area contributed by atoms with E-state index in [-0.39, 0.29) is 18.0 Å². The minimum atomic E-state index is -0.673. The smallest absolute Gasteiger partial charge is 0.344 e. The number of carbonyl (C=O) groups excluding carboxylic acids is 2. The number of benzene rings is 1. The van der Waals surface area contributed by atoms with E-state index in [0.717, 1.165) is 5.56 Å². The lowest BCUT2D eigenvalue weighted by Gasteiger charge is -2.11. The maximum atomic E-state index is 12.1. The summed E-state index contributed by atoms with van der Waals surface area (Å²) in [5.41, 5.74) is 0.991. The van der Waals surface area contributed by atoms with Crippen molar-refractivity contribution < 1.29 is 28.5 Å². The summed E-state index contributed by atoms with van der Waals surface area (Å²) in [7, 11) is 3.08. The van der Waals surface area contributed by atoms with Gasteiger partial charge in [-0.05, 0) is 36.8 Å². The molecule has 0 unspecified atom stereocenters. The Labute approximate surface area is 157 Å². The first kappa shape index (κ1) is 20.0. The average Bonchev–Trinajstić information content (AvgIpc) is 2.70. The second-order valence-corrected chi connectivity index (χ2v) is 5.33. The highest BCUT2D eigenvalue weighted by Crippen LogP contribution is 2.27. The number of rotatable bonds is 9. The van der Waals surface area contributed by atoms with Crippen molar-refractivity contribution in [3.8, 4) is 17.4 Å². The summed E-state index contributed by atoms with van der Waals surface area (Å²) in [4.78, 5) is 28.0. The second kappa shape index (κ2) is 10.0. The van der Waals surface area contributed by atoms with Crippen LogP contribution in [0.3, 0.4) is 0 Å². The molecule has 0 saturated carbocycles. The molecule has 8 heteroatoms. The molecule has 0 radical (unpaired) electrons. The molecule has 0 bridgehead atoms. The molecule has 27 heavy (non-hydrogen) atoms. The lowest BCUT2D eigenvalue weighted by molar-refractivity contribution is -0.124. The quantitative estimate of drug-likeness (QED) is 0.670. The van der Waals surface area contributed by atoms with Gasteiger partial charge in [-0.2, -0.15) is 0 Å². The van der Waals surface area contributed by atoms with E-state index in [1.54, 1.807) is 38.3 Å². The molecule has 0 atom stereocenters. The Bertz CT molecular complexity index is 794. The van der Waals surface area contributed by atoms with Crippen LogP contribution in [0.1, 0.15) is 22.8 Å². The molecule has 0 aliphatic carbocycles. The highest BCUT2D eigenvalue weighted by molar-refractivity contribution is 5.93. The summed E-state index contributed by atoms with van der Waals surface area (Å²) in [6.07, 6.45) is 1.51. The molecule has 0 fully saturated rings. The molecular weight excluding hydrogens is 352 g/mol. The molecule has 1 heterocycles. The number of ether oxygens (including phenoxy) is 4. The molecule has 8 nitrogen and oxygen atoms in total. The van der Waals surface area contributed by atoms with Gasteiger partial charge in [-0.15, -0.1) is 0 Å². The van der Waals surface area contributed by atoms with Crippen LogP contribution in [0.15, 0.2) is 36.5 Å². The van der Waals surface area contributed by atoms with Crippen LogP contribution in [-0.2, 0) is 16.1 Å². The first-order valence-electron chi connectivity index (χ1n) is 8.31. The van der Waals surface area contributed by atoms with Gasteiger partial charge in [-0.3, -0.25) is 4.79 Å². The first-order valence-corrected chi connectivity index (χ1v) is 8.31. The Morgan fingerprint density at radius 3 is 2.59 bits per heavy atom. The van der Waals surface area contributed by atoms with Gasteiger partial charge in [-0.1, -0.05) is 6.07 Å². The molecule has 1 aromatic heterocycles. The van der Waals surface area contributed by atoms with E-state index in [9.17, 15) is 9.59 Å². The SMILES string of the molecule is CCOc1ncccc1C(=O)OCC(=O)NCc1ccc(OC)c(OC)c1. The fourth-order valence-electron chi connectivity index (χ4n) is 2.25. The third kappa shape index (κ3) is 5.60. The van der Waals surface area contributed by atoms with Gasteiger partial charge in [0.05, 0.1) is 20.8 Å². The lowest BCUT2D eigenvalue weighted by Crippen LogP contribution is -2.28. The minimum absolute atomic E-state index is 0.173. The predicted octanol–water partition coefficient (Wildman–Crippen LogP) is 1.97. The summed E-state index contributed by atoms with van der Waals surface area (Å²) in [6, 6.07) is 8.43. The van der Waals surface area contributed by atoms with Crippen molar-refractivity contribution in [3.05, 3.63) is 47.7 Å². The highest BCUT2D eigenvalue weighted by Gasteiger charge is 2.16. The lowest BCUT2D eigenvalue weighted by atomic mass is 10.2. The van der Waals surface area contributed by atoms with Gasteiger partial charge in [0.25, 0.3) is 5.91 Å². The molecular formula is C19H22N2O6. The van der Waals surface area contributed by atoms with Crippen LogP contribution in [0.25, 0.3) is 0 Å². The Morgan fingerprint density at radius 2 is 1.89 bits per heavy atom. The summed E-state index contributed by atoms with van der Waals surface area (Å²) in [6.45, 7) is 1.99. The summed E-state index contributed by atoms with van der Waals surface area (Å²) in [5.74, 6) is 0.238. The maximum absolute atomic E-state index is 12.1. The van der Waals surface area contributed by atoms with Crippen molar-refractivity contribution in [3.63, 3.8) is 0 Å². The highest BCUT2D eigenvalue weighted by atomic mass is 16.5. The molecule has 1 aromatic carbocycles. The number of nitrogens with one attached hydrogen (secondary N) is 1. The van der Waals surface area contributed by atoms with Gasteiger partial charge >= 0.3 is 5.97 Å². The normalized spacial score (nSPS) is 10.0. The first-order chi connectivity index (χ1) is 13.1. The molecule has 0 spiro atoms. The zero-order valence-corrected chi connectivity index (χ0v) is 15.5. The number of hydrogen-bond acceptors (Lipinski definition) is 7. The molecule has 0 aliphatic rings. The van der Waals surface area contributed by atoms with E-state index in [0.29, 0.717) is 18.1 Å². The Kier molecular flexibility index (Phi) is 7.42. The molecule has 2 aromatic rings. The van der Waals surface area contributed by atoms with Crippen molar-refractivity contribution in [1.82, 2.24) is 10.3 Å². The van der Waals surface area contributed by atoms with Gasteiger partial charge in [0.1, 0.15) is 5.56 Å². The fourth-order valence-corrected chi connectivity index (χ4v) is 2.25. The molecule has 1 amide bonds. The summed E-state index contributed by atoms with van der Waals surface area (Å²) < 4.78 is 20.7. The number of nitrogens with zero attached hydrogens (tertiary/aromatic N) is 1. The average molecular weight is 374 g/mol. The van der Waals surface area contributed by atoms with Gasteiger partial charge in [0.15, 0.2) is 18.1 Å². The van der Waals surface area contributed by atoms with E-state index >= 15 is 0 Å². The summed E-state index contributed by atoms with van der Waals surface area (Å²) >= 11 is 0. The monoisotopic (exact) mass is 374 g/mol. The van der Waals surface area contributed by atoms with Crippen molar-refractivity contribution in [2.75, 3.05) is 27.4 Å². The van der Waals surface area contributed by atoms with Crippen molar-refractivity contribution in [2.24, 2.45) is 0 Å². The minimum Gasteiger partial charge on any atom is -0.493 e. The van der Waals surface area contributed by atoms with Crippen molar-refractivity contribution in [1.29, 1.82) is 0 Å². The topological polar surface area (TPSA) is 96.0 Å². The standard InChI is InChI=1S/C19H22N2O6/c1-4-26-18-14(6-5-9-20-18)19(23)27-12-17(22)21-11-13-7-8-15(24-2)16(10-13)25-3/h5-10H,4,11-12H2,1-3H3,(H,21,22). The van der Waals surface area contributed by atoms with E-state index in [1.165, 1.54) is 19.4 Å². The zero-order valence-electron chi connectivity index (χ0n) is 15.5. The molecule has 0 saturated heterocycles. The number of methoxy groups -OCH3 is 2. The van der Waals surface area contributed by atoms with Gasteiger partial charge in [0, 0.05) is 12.7 Å². The molecule has 2 rings (SSSR count). The van der Waals surface area contributed by atoms with Gasteiger partial charge in [-0.25, -0.2) is 9.78 Å². The van der Waals surface area contributed by atoms with Crippen LogP contribution < -0.4 is 19.5 Å². The molecule has 1 N–H and O–H groups in total. The Morgan fingerprint density at radius 1 is 1.11 bits per heavy atom. The number of carbonyl (C=O) groups is 2. The van der Waals surface area contributed by atoms with Gasteiger partial charge < -0.3 is 24.3 Å². The Balaban J connectivity index is 1.87. The maximum Gasteiger partial charge on any atom is 0.344 e. The number of aromatic nitrogens is 1. The van der Waals surface area contributed by atoms with Crippen molar-refractivity contribution >= 4 is 11.9 Å². The van der Waals surface area contributed by atoms with Crippen LogP contribution in [0.2, 0.25) is 0 Å². The van der Waals surface area contributed by atoms with Crippen LogP contribution in [0, 0.1) is 0 Å². The van der Waals surface area contributed by atoms with Crippen LogP contribution in [0.4, 0.5) is 0 Å². The zero-order chi connectivity index (χ0) is 19.6. The largest absolute Gasteiger partial charge is 0.493 e. The summed E-state index contributed by atoms with van der Waals surface area (Å²) in [5, 5.41) is 2.67. The third-order valence-electron chi connectivity index (χ3n) is 3.54. The van der Waals surface area contributed by atoms with Crippen LogP contribution >= 0.6 is 0 Å². The third-order valence-corrected chi connectivity index (χ3v) is 3.54. The van der Waals surface area contributed by atoms with E-state index < -0.39 is 18.5 Å². The fraction of sp³-hybridized carbons (Fsp3) is 0.316. The van der Waals surface area contributed by atoms with Crippen LogP contribution in [0.5, 0.6) is 17.4 Å². The van der Waals surface area contributed by atoms with E-state index in [2.05, 4.69) is 10.3 Å². The number of hydrogen-bond donors (Lipinski definition) is 1. The number of amides is 1. The van der Waals surface area contributed by atoms with Gasteiger partial charge in [0.2, 0.25) is 5.88 Å². The number of pyridine rings is 1. The second-order valence-electron chi connectivity index (χ2n) is 5.33. The molecule has 0 aliphatic heterocycles. The predicted molar refractivity (Wildman–Crippen MR) is 97.1 cm³/mol.